The number of aldehydes is 1. The highest BCUT2D eigenvalue weighted by atomic mass is 19.1. The molecule has 0 heterocycles. The van der Waals surface area contributed by atoms with E-state index in [1.165, 1.54) is 11.1 Å². The Kier molecular flexibility index (Phi) is 2.36. The van der Waals surface area contributed by atoms with Crippen LogP contribution in [0.3, 0.4) is 0 Å². The molecule has 0 saturated carbocycles. The van der Waals surface area contributed by atoms with Crippen molar-refractivity contribution in [2.45, 2.75) is 19.3 Å². The normalized spacial score (nSPS) is 17.8. The molecule has 0 bridgehead atoms. The van der Waals surface area contributed by atoms with Crippen LogP contribution in [0.25, 0.3) is 0 Å². The SMILES string of the molecule is O=CC1(CCF)Cc2ccccc2C1. The lowest BCUT2D eigenvalue weighted by molar-refractivity contribution is -0.116. The van der Waals surface area contributed by atoms with Crippen LogP contribution in [-0.2, 0) is 17.6 Å². The maximum Gasteiger partial charge on any atom is 0.126 e. The molecule has 2 rings (SSSR count). The van der Waals surface area contributed by atoms with Gasteiger partial charge in [0.2, 0.25) is 0 Å². The third-order valence-electron chi connectivity index (χ3n) is 3.05. The van der Waals surface area contributed by atoms with Crippen LogP contribution in [-0.4, -0.2) is 13.0 Å². The molecule has 0 aliphatic heterocycles. The van der Waals surface area contributed by atoms with Crippen molar-refractivity contribution < 1.29 is 9.18 Å². The first-order valence-corrected chi connectivity index (χ1v) is 4.89. The van der Waals surface area contributed by atoms with Gasteiger partial charge in [0.1, 0.15) is 6.29 Å². The van der Waals surface area contributed by atoms with Gasteiger partial charge in [0.05, 0.1) is 6.67 Å². The Morgan fingerprint density at radius 3 is 2.29 bits per heavy atom. The van der Waals surface area contributed by atoms with Gasteiger partial charge in [-0.1, -0.05) is 24.3 Å². The number of carbonyl (C=O) groups excluding carboxylic acids is 1. The van der Waals surface area contributed by atoms with Crippen LogP contribution in [0, 0.1) is 5.41 Å². The Morgan fingerprint density at radius 1 is 1.29 bits per heavy atom. The Bertz CT molecular complexity index is 321. The average Bonchev–Trinajstić information content (AvgIpc) is 2.57. The fourth-order valence-electron chi connectivity index (χ4n) is 2.23. The molecule has 0 saturated heterocycles. The molecule has 74 valence electrons. The molecule has 1 aliphatic carbocycles. The highest BCUT2D eigenvalue weighted by Gasteiger charge is 2.36. The zero-order chi connectivity index (χ0) is 10.0. The molecule has 0 amide bonds. The Morgan fingerprint density at radius 2 is 1.86 bits per heavy atom. The molecule has 0 radical (unpaired) electrons. The zero-order valence-electron chi connectivity index (χ0n) is 8.00. The third-order valence-corrected chi connectivity index (χ3v) is 3.05. The minimum absolute atomic E-state index is 0.352. The molecular formula is C12H13FO. The summed E-state index contributed by atoms with van der Waals surface area (Å²) in [7, 11) is 0. The second-order valence-electron chi connectivity index (χ2n) is 4.04. The fourth-order valence-corrected chi connectivity index (χ4v) is 2.23. The summed E-state index contributed by atoms with van der Waals surface area (Å²) in [5.41, 5.74) is 1.94. The largest absolute Gasteiger partial charge is 0.303 e. The van der Waals surface area contributed by atoms with Crippen molar-refractivity contribution >= 4 is 6.29 Å². The first kappa shape index (κ1) is 9.38. The van der Waals surface area contributed by atoms with Gasteiger partial charge in [0.15, 0.2) is 0 Å². The number of hydrogen-bond donors (Lipinski definition) is 0. The number of hydrogen-bond acceptors (Lipinski definition) is 1. The van der Waals surface area contributed by atoms with E-state index in [-0.39, 0.29) is 0 Å². The van der Waals surface area contributed by atoms with Crippen LogP contribution in [0.5, 0.6) is 0 Å². The van der Waals surface area contributed by atoms with Crippen molar-refractivity contribution in [3.63, 3.8) is 0 Å². The molecular weight excluding hydrogens is 179 g/mol. The smallest absolute Gasteiger partial charge is 0.126 e. The van der Waals surface area contributed by atoms with Gasteiger partial charge in [-0.2, -0.15) is 0 Å². The molecule has 0 fully saturated rings. The van der Waals surface area contributed by atoms with E-state index < -0.39 is 12.1 Å². The fraction of sp³-hybridized carbons (Fsp3) is 0.417. The molecule has 0 unspecified atom stereocenters. The van der Waals surface area contributed by atoms with Crippen LogP contribution in [0.15, 0.2) is 24.3 Å². The van der Waals surface area contributed by atoms with Crippen molar-refractivity contribution in [2.75, 3.05) is 6.67 Å². The van der Waals surface area contributed by atoms with Gasteiger partial charge in [-0.15, -0.1) is 0 Å². The molecule has 1 aromatic carbocycles. The van der Waals surface area contributed by atoms with Crippen LogP contribution >= 0.6 is 0 Å². The third kappa shape index (κ3) is 1.45. The second-order valence-corrected chi connectivity index (χ2v) is 4.04. The number of rotatable bonds is 3. The van der Waals surface area contributed by atoms with Crippen molar-refractivity contribution in [3.05, 3.63) is 35.4 Å². The van der Waals surface area contributed by atoms with Crippen LogP contribution < -0.4 is 0 Å². The Labute approximate surface area is 82.9 Å². The van der Waals surface area contributed by atoms with E-state index in [2.05, 4.69) is 0 Å². The van der Waals surface area contributed by atoms with E-state index in [0.29, 0.717) is 19.3 Å². The van der Waals surface area contributed by atoms with Gasteiger partial charge in [-0.25, -0.2) is 0 Å². The molecule has 1 aromatic rings. The quantitative estimate of drug-likeness (QED) is 0.672. The maximum atomic E-state index is 12.3. The number of benzene rings is 1. The summed E-state index contributed by atoms with van der Waals surface area (Å²) >= 11 is 0. The molecule has 0 N–H and O–H groups in total. The monoisotopic (exact) mass is 192 g/mol. The van der Waals surface area contributed by atoms with Crippen molar-refractivity contribution in [3.8, 4) is 0 Å². The average molecular weight is 192 g/mol. The first-order valence-electron chi connectivity index (χ1n) is 4.89. The minimum Gasteiger partial charge on any atom is -0.303 e. The van der Waals surface area contributed by atoms with Crippen molar-refractivity contribution in [1.82, 2.24) is 0 Å². The van der Waals surface area contributed by atoms with Crippen molar-refractivity contribution in [2.24, 2.45) is 5.41 Å². The van der Waals surface area contributed by atoms with Gasteiger partial charge in [-0.05, 0) is 30.4 Å². The van der Waals surface area contributed by atoms with Crippen LogP contribution in [0.1, 0.15) is 17.5 Å². The lowest BCUT2D eigenvalue weighted by Crippen LogP contribution is -2.23. The summed E-state index contributed by atoms with van der Waals surface area (Å²) in [4.78, 5) is 11.0. The van der Waals surface area contributed by atoms with E-state index in [9.17, 15) is 9.18 Å². The van der Waals surface area contributed by atoms with Gasteiger partial charge >= 0.3 is 0 Å². The predicted octanol–water partition coefficient (Wildman–Crippen LogP) is 2.33. The predicted molar refractivity (Wildman–Crippen MR) is 52.9 cm³/mol. The number of halogens is 1. The summed E-state index contributed by atoms with van der Waals surface area (Å²) in [5.74, 6) is 0. The van der Waals surface area contributed by atoms with Gasteiger partial charge < -0.3 is 4.79 Å². The van der Waals surface area contributed by atoms with Crippen LogP contribution in [0.4, 0.5) is 4.39 Å². The Hall–Kier alpha value is -1.18. The molecule has 1 nitrogen and oxygen atoms in total. The molecule has 0 aromatic heterocycles. The summed E-state index contributed by atoms with van der Waals surface area (Å²) in [6.07, 6.45) is 2.70. The number of alkyl halides is 1. The topological polar surface area (TPSA) is 17.1 Å². The molecule has 2 heteroatoms. The highest BCUT2D eigenvalue weighted by molar-refractivity contribution is 5.63. The van der Waals surface area contributed by atoms with E-state index in [4.69, 9.17) is 0 Å². The van der Waals surface area contributed by atoms with Gasteiger partial charge in [0, 0.05) is 5.41 Å². The Balaban J connectivity index is 2.27. The number of carbonyl (C=O) groups is 1. The standard InChI is InChI=1S/C12H13FO/c13-6-5-12(9-14)7-10-3-1-2-4-11(10)8-12/h1-4,9H,5-8H2. The molecule has 0 atom stereocenters. The van der Waals surface area contributed by atoms with E-state index >= 15 is 0 Å². The van der Waals surface area contributed by atoms with Crippen molar-refractivity contribution in [1.29, 1.82) is 0 Å². The summed E-state index contributed by atoms with van der Waals surface area (Å²) < 4.78 is 12.3. The molecule has 14 heavy (non-hydrogen) atoms. The summed E-state index contributed by atoms with van der Waals surface area (Å²) in [5, 5.41) is 0. The van der Waals surface area contributed by atoms with Gasteiger partial charge in [-0.3, -0.25) is 4.39 Å². The lowest BCUT2D eigenvalue weighted by atomic mass is 9.83. The summed E-state index contributed by atoms with van der Waals surface area (Å²) in [6, 6.07) is 7.99. The zero-order valence-corrected chi connectivity index (χ0v) is 8.00. The minimum atomic E-state index is -0.460. The first-order chi connectivity index (χ1) is 6.79. The van der Waals surface area contributed by atoms with E-state index in [0.717, 1.165) is 6.29 Å². The van der Waals surface area contributed by atoms with E-state index in [1.54, 1.807) is 0 Å². The molecule has 0 spiro atoms. The summed E-state index contributed by atoms with van der Waals surface area (Å²) in [6.45, 7) is -0.410. The van der Waals surface area contributed by atoms with Gasteiger partial charge in [0.25, 0.3) is 0 Å². The lowest BCUT2D eigenvalue weighted by Gasteiger charge is -2.19. The second kappa shape index (κ2) is 3.52. The number of fused-ring (bicyclic) bond motifs is 1. The highest BCUT2D eigenvalue weighted by Crippen LogP contribution is 2.37. The van der Waals surface area contributed by atoms with E-state index in [1.807, 2.05) is 24.3 Å². The molecule has 1 aliphatic rings. The van der Waals surface area contributed by atoms with Crippen LogP contribution in [0.2, 0.25) is 0 Å². The maximum absolute atomic E-state index is 12.3.